The lowest BCUT2D eigenvalue weighted by atomic mass is 10.1. The Hall–Kier alpha value is -1.89. The van der Waals surface area contributed by atoms with Gasteiger partial charge in [0.1, 0.15) is 5.52 Å². The molecule has 1 fully saturated rings. The first-order valence-electron chi connectivity index (χ1n) is 7.02. The largest absolute Gasteiger partial charge is 0.476 e. The number of H-pyrrole nitrogens is 1. The van der Waals surface area contributed by atoms with Crippen LogP contribution in [0.5, 0.6) is 5.88 Å². The minimum atomic E-state index is 0.440. The van der Waals surface area contributed by atoms with E-state index in [1.165, 1.54) is 0 Å². The van der Waals surface area contributed by atoms with Crippen LogP contribution >= 0.6 is 0 Å². The van der Waals surface area contributed by atoms with Gasteiger partial charge in [-0.25, -0.2) is 4.98 Å². The smallest absolute Gasteiger partial charge is 0.245 e. The minimum Gasteiger partial charge on any atom is -0.476 e. The van der Waals surface area contributed by atoms with Crippen molar-refractivity contribution >= 4 is 17.1 Å². The predicted molar refractivity (Wildman–Crippen MR) is 74.9 cm³/mol. The Morgan fingerprint density at radius 2 is 2.45 bits per heavy atom. The van der Waals surface area contributed by atoms with Gasteiger partial charge in [-0.15, -0.1) is 0 Å². The second kappa shape index (κ2) is 6.04. The van der Waals surface area contributed by atoms with Gasteiger partial charge in [0, 0.05) is 19.1 Å². The van der Waals surface area contributed by atoms with Crippen LogP contribution in [0, 0.1) is 5.92 Å². The SMILES string of the molecule is CCCNc1nc(OCC2CCOC2)c2[nH]cnc2n1. The summed E-state index contributed by atoms with van der Waals surface area (Å²) >= 11 is 0. The van der Waals surface area contributed by atoms with Crippen LogP contribution in [0.3, 0.4) is 0 Å². The van der Waals surface area contributed by atoms with Crippen molar-refractivity contribution in [3.05, 3.63) is 6.33 Å². The Kier molecular flexibility index (Phi) is 3.96. The Morgan fingerprint density at radius 1 is 1.50 bits per heavy atom. The number of rotatable bonds is 6. The summed E-state index contributed by atoms with van der Waals surface area (Å²) in [5.41, 5.74) is 1.36. The van der Waals surface area contributed by atoms with Gasteiger partial charge in [0.2, 0.25) is 11.8 Å². The van der Waals surface area contributed by atoms with Crippen LogP contribution in [-0.2, 0) is 4.74 Å². The van der Waals surface area contributed by atoms with Crippen LogP contribution in [-0.4, -0.2) is 46.3 Å². The number of imidazole rings is 1. The molecule has 0 aliphatic carbocycles. The Morgan fingerprint density at radius 3 is 3.25 bits per heavy atom. The number of aromatic amines is 1. The van der Waals surface area contributed by atoms with Crippen molar-refractivity contribution in [2.75, 3.05) is 31.7 Å². The number of nitrogens with zero attached hydrogens (tertiary/aromatic N) is 3. The molecule has 0 bridgehead atoms. The monoisotopic (exact) mass is 277 g/mol. The Labute approximate surface area is 117 Å². The van der Waals surface area contributed by atoms with Crippen LogP contribution in [0.2, 0.25) is 0 Å². The summed E-state index contributed by atoms with van der Waals surface area (Å²) in [6.45, 7) is 5.11. The van der Waals surface area contributed by atoms with Crippen LogP contribution < -0.4 is 10.1 Å². The van der Waals surface area contributed by atoms with E-state index >= 15 is 0 Å². The van der Waals surface area contributed by atoms with Gasteiger partial charge in [-0.2, -0.15) is 9.97 Å². The molecule has 108 valence electrons. The first-order valence-corrected chi connectivity index (χ1v) is 7.02. The molecule has 7 heteroatoms. The van der Waals surface area contributed by atoms with Crippen LogP contribution in [0.1, 0.15) is 19.8 Å². The molecule has 2 aromatic rings. The molecular formula is C13H19N5O2. The number of fused-ring (bicyclic) bond motifs is 1. The Bertz CT molecular complexity index is 565. The van der Waals surface area contributed by atoms with Gasteiger partial charge in [-0.1, -0.05) is 6.92 Å². The minimum absolute atomic E-state index is 0.440. The highest BCUT2D eigenvalue weighted by molar-refractivity contribution is 5.76. The fourth-order valence-electron chi connectivity index (χ4n) is 2.14. The average Bonchev–Trinajstić information content (AvgIpc) is 3.13. The van der Waals surface area contributed by atoms with Gasteiger partial charge in [-0.05, 0) is 12.8 Å². The number of ether oxygens (including phenoxy) is 2. The first kappa shape index (κ1) is 13.1. The predicted octanol–water partition coefficient (Wildman–Crippen LogP) is 1.59. The molecule has 1 unspecified atom stereocenters. The molecule has 3 heterocycles. The summed E-state index contributed by atoms with van der Waals surface area (Å²) in [4.78, 5) is 16.0. The van der Waals surface area contributed by atoms with Gasteiger partial charge in [0.05, 0.1) is 19.5 Å². The van der Waals surface area contributed by atoms with Gasteiger partial charge in [-0.3, -0.25) is 0 Å². The zero-order valence-corrected chi connectivity index (χ0v) is 11.6. The summed E-state index contributed by atoms with van der Waals surface area (Å²) in [7, 11) is 0. The number of aromatic nitrogens is 4. The van der Waals surface area contributed by atoms with E-state index in [1.54, 1.807) is 6.33 Å². The molecule has 7 nitrogen and oxygen atoms in total. The maximum atomic E-state index is 5.84. The van der Waals surface area contributed by atoms with E-state index in [-0.39, 0.29) is 0 Å². The fourth-order valence-corrected chi connectivity index (χ4v) is 2.14. The molecular weight excluding hydrogens is 258 g/mol. The highest BCUT2D eigenvalue weighted by atomic mass is 16.5. The molecule has 2 N–H and O–H groups in total. The number of nitrogens with one attached hydrogen (secondary N) is 2. The Balaban J connectivity index is 1.77. The lowest BCUT2D eigenvalue weighted by Gasteiger charge is -2.11. The van der Waals surface area contributed by atoms with Crippen molar-refractivity contribution in [1.82, 2.24) is 19.9 Å². The molecule has 0 amide bonds. The van der Waals surface area contributed by atoms with Gasteiger partial charge in [0.25, 0.3) is 0 Å². The van der Waals surface area contributed by atoms with E-state index in [4.69, 9.17) is 9.47 Å². The second-order valence-electron chi connectivity index (χ2n) is 4.92. The molecule has 3 rings (SSSR count). The van der Waals surface area contributed by atoms with Crippen LogP contribution in [0.4, 0.5) is 5.95 Å². The van der Waals surface area contributed by atoms with Crippen molar-refractivity contribution < 1.29 is 9.47 Å². The van der Waals surface area contributed by atoms with Crippen molar-refractivity contribution in [2.45, 2.75) is 19.8 Å². The van der Waals surface area contributed by atoms with Crippen molar-refractivity contribution in [1.29, 1.82) is 0 Å². The molecule has 0 spiro atoms. The van der Waals surface area contributed by atoms with E-state index < -0.39 is 0 Å². The number of anilines is 1. The summed E-state index contributed by atoms with van der Waals surface area (Å²) in [6.07, 6.45) is 3.66. The quantitative estimate of drug-likeness (QED) is 0.834. The van der Waals surface area contributed by atoms with Crippen molar-refractivity contribution in [3.63, 3.8) is 0 Å². The maximum Gasteiger partial charge on any atom is 0.245 e. The third kappa shape index (κ3) is 2.82. The molecule has 0 radical (unpaired) electrons. The zero-order chi connectivity index (χ0) is 13.8. The molecule has 1 atom stereocenters. The van der Waals surface area contributed by atoms with E-state index in [0.29, 0.717) is 30.0 Å². The highest BCUT2D eigenvalue weighted by Gasteiger charge is 2.18. The molecule has 1 aliphatic heterocycles. The van der Waals surface area contributed by atoms with E-state index in [0.717, 1.165) is 38.1 Å². The van der Waals surface area contributed by atoms with Gasteiger partial charge >= 0.3 is 0 Å². The van der Waals surface area contributed by atoms with Crippen LogP contribution in [0.15, 0.2) is 6.33 Å². The zero-order valence-electron chi connectivity index (χ0n) is 11.6. The van der Waals surface area contributed by atoms with Gasteiger partial charge < -0.3 is 19.8 Å². The molecule has 2 aromatic heterocycles. The molecule has 20 heavy (non-hydrogen) atoms. The van der Waals surface area contributed by atoms with E-state index in [1.807, 2.05) is 0 Å². The van der Waals surface area contributed by atoms with Gasteiger partial charge in [0.15, 0.2) is 5.65 Å². The standard InChI is InChI=1S/C13H19N5O2/c1-2-4-14-13-17-11-10(15-8-16-11)12(18-13)20-7-9-3-5-19-6-9/h8-9H,2-7H2,1H3,(H2,14,15,16,17,18). The molecule has 1 saturated heterocycles. The van der Waals surface area contributed by atoms with Crippen LogP contribution in [0.25, 0.3) is 11.2 Å². The fraction of sp³-hybridized carbons (Fsp3) is 0.615. The highest BCUT2D eigenvalue weighted by Crippen LogP contribution is 2.22. The molecule has 0 saturated carbocycles. The first-order chi connectivity index (χ1) is 9.86. The van der Waals surface area contributed by atoms with E-state index in [2.05, 4.69) is 32.2 Å². The lowest BCUT2D eigenvalue weighted by molar-refractivity contribution is 0.166. The molecule has 1 aliphatic rings. The summed E-state index contributed by atoms with van der Waals surface area (Å²) < 4.78 is 11.2. The topological polar surface area (TPSA) is 85.0 Å². The lowest BCUT2D eigenvalue weighted by Crippen LogP contribution is -2.13. The summed E-state index contributed by atoms with van der Waals surface area (Å²) in [5.74, 6) is 1.55. The second-order valence-corrected chi connectivity index (χ2v) is 4.92. The normalized spacial score (nSPS) is 18.6. The third-order valence-corrected chi connectivity index (χ3v) is 3.27. The number of hydrogen-bond donors (Lipinski definition) is 2. The van der Waals surface area contributed by atoms with E-state index in [9.17, 15) is 0 Å². The maximum absolute atomic E-state index is 5.84. The molecule has 0 aromatic carbocycles. The third-order valence-electron chi connectivity index (χ3n) is 3.27. The summed E-state index contributed by atoms with van der Waals surface area (Å²) in [6, 6.07) is 0. The van der Waals surface area contributed by atoms with Crippen molar-refractivity contribution in [2.24, 2.45) is 5.92 Å². The summed E-state index contributed by atoms with van der Waals surface area (Å²) in [5, 5.41) is 3.16. The van der Waals surface area contributed by atoms with Crippen molar-refractivity contribution in [3.8, 4) is 5.88 Å². The average molecular weight is 277 g/mol. The number of hydrogen-bond acceptors (Lipinski definition) is 6.